The minimum Gasteiger partial charge on any atom is -0.477 e. The third-order valence-electron chi connectivity index (χ3n) is 7.47. The van der Waals surface area contributed by atoms with E-state index in [1.54, 1.807) is 31.1 Å². The molecule has 236 valence electrons. The summed E-state index contributed by atoms with van der Waals surface area (Å²) in [5.74, 6) is -1.27. The molecule has 1 aliphatic carbocycles. The van der Waals surface area contributed by atoms with Crippen molar-refractivity contribution >= 4 is 46.2 Å². The normalized spacial score (nSPS) is 12.8. The molecule has 45 heavy (non-hydrogen) atoms. The molecule has 0 radical (unpaired) electrons. The maximum absolute atomic E-state index is 13.6. The summed E-state index contributed by atoms with van der Waals surface area (Å²) in [6.07, 6.45) is 4.07. The van der Waals surface area contributed by atoms with Crippen molar-refractivity contribution in [3.63, 3.8) is 0 Å². The minimum absolute atomic E-state index is 0.0763. The number of hydrogen-bond acceptors (Lipinski definition) is 9. The van der Waals surface area contributed by atoms with Crippen LogP contribution in [0.25, 0.3) is 22.3 Å². The lowest BCUT2D eigenvalue weighted by molar-refractivity contribution is -0.385. The fraction of sp³-hybridized carbons (Fsp3) is 0.312. The minimum atomic E-state index is -1.36. The van der Waals surface area contributed by atoms with Gasteiger partial charge in [-0.15, -0.1) is 0 Å². The van der Waals surface area contributed by atoms with Crippen molar-refractivity contribution in [2.24, 2.45) is 0 Å². The van der Waals surface area contributed by atoms with Crippen LogP contribution in [0.2, 0.25) is 0 Å². The standard InChI is InChI=1S/C32H32FN3O8S/c1-34-31(37)29-25-16-24(20-4-5-20)26(17-28(25)44-30(29)21-6-8-22(33)9-7-21)35(45-2)11-12-42-13-14-43-18-19-3-10-23(32(38)39)27(15-19)36(40)41/h3,6-10,15-17,20H,4-5,11-14,18H2,1-2H3,(H,34,37)(H,38,39). The van der Waals surface area contributed by atoms with Crippen LogP contribution in [0.5, 0.6) is 0 Å². The van der Waals surface area contributed by atoms with Gasteiger partial charge < -0.3 is 28.6 Å². The second-order valence-corrected chi connectivity index (χ2v) is 11.2. The first-order chi connectivity index (χ1) is 21.7. The zero-order valence-electron chi connectivity index (χ0n) is 24.7. The molecule has 1 heterocycles. The van der Waals surface area contributed by atoms with Crippen LogP contribution in [-0.4, -0.2) is 61.6 Å². The number of amides is 1. The fourth-order valence-corrected chi connectivity index (χ4v) is 5.72. The summed E-state index contributed by atoms with van der Waals surface area (Å²) in [5.41, 5.74) is 3.31. The number of carboxylic acids is 1. The average molecular weight is 638 g/mol. The number of furan rings is 1. The number of carbonyl (C=O) groups excluding carboxylic acids is 1. The Labute approximate surface area is 262 Å². The van der Waals surface area contributed by atoms with Crippen molar-refractivity contribution in [1.82, 2.24) is 5.32 Å². The first kappa shape index (κ1) is 31.9. The molecule has 0 saturated heterocycles. The Morgan fingerprint density at radius 2 is 1.84 bits per heavy atom. The van der Waals surface area contributed by atoms with Gasteiger partial charge in [-0.2, -0.15) is 0 Å². The summed E-state index contributed by atoms with van der Waals surface area (Å²) in [4.78, 5) is 34.7. The third-order valence-corrected chi connectivity index (χ3v) is 8.29. The van der Waals surface area contributed by atoms with Crippen LogP contribution in [0, 0.1) is 15.9 Å². The van der Waals surface area contributed by atoms with E-state index in [0.717, 1.165) is 24.1 Å². The molecule has 0 aliphatic heterocycles. The van der Waals surface area contributed by atoms with Crippen LogP contribution in [0.1, 0.15) is 50.6 Å². The maximum Gasteiger partial charge on any atom is 0.342 e. The van der Waals surface area contributed by atoms with E-state index in [0.29, 0.717) is 59.1 Å². The molecule has 0 unspecified atom stereocenters. The molecule has 0 atom stereocenters. The lowest BCUT2D eigenvalue weighted by Crippen LogP contribution is -2.22. The SMILES string of the molecule is CNC(=O)c1c(-c2ccc(F)cc2)oc2cc(N(CCOCCOCc3ccc(C(=O)O)c([N+](=O)[O-])c3)SC)c(C3CC3)cc12. The predicted molar refractivity (Wildman–Crippen MR) is 168 cm³/mol. The van der Waals surface area contributed by atoms with Crippen LogP contribution >= 0.6 is 11.9 Å². The highest BCUT2D eigenvalue weighted by Crippen LogP contribution is 2.48. The van der Waals surface area contributed by atoms with E-state index < -0.39 is 16.6 Å². The third kappa shape index (κ3) is 7.27. The number of anilines is 1. The van der Waals surface area contributed by atoms with Crippen molar-refractivity contribution in [3.05, 3.63) is 92.8 Å². The van der Waals surface area contributed by atoms with Gasteiger partial charge in [0.2, 0.25) is 0 Å². The quantitative estimate of drug-likeness (QED) is 0.0650. The topological polar surface area (TPSA) is 144 Å². The molecule has 13 heteroatoms. The van der Waals surface area contributed by atoms with E-state index in [9.17, 15) is 24.1 Å². The Morgan fingerprint density at radius 3 is 2.49 bits per heavy atom. The first-order valence-corrected chi connectivity index (χ1v) is 15.5. The summed E-state index contributed by atoms with van der Waals surface area (Å²) >= 11 is 1.55. The molecular formula is C32H32FN3O8S. The first-order valence-electron chi connectivity index (χ1n) is 14.3. The van der Waals surface area contributed by atoms with Crippen molar-refractivity contribution in [2.75, 3.05) is 44.0 Å². The number of rotatable bonds is 15. The molecule has 4 aromatic rings. The Morgan fingerprint density at radius 1 is 1.11 bits per heavy atom. The van der Waals surface area contributed by atoms with Gasteiger partial charge in [-0.1, -0.05) is 18.0 Å². The number of carbonyl (C=O) groups is 2. The number of benzene rings is 3. The number of ether oxygens (including phenoxy) is 2. The van der Waals surface area contributed by atoms with Crippen LogP contribution in [0.3, 0.4) is 0 Å². The molecule has 0 bridgehead atoms. The zero-order chi connectivity index (χ0) is 32.1. The molecular weight excluding hydrogens is 605 g/mol. The highest BCUT2D eigenvalue weighted by molar-refractivity contribution is 7.99. The van der Waals surface area contributed by atoms with Gasteiger partial charge in [0.1, 0.15) is 22.7 Å². The van der Waals surface area contributed by atoms with E-state index in [2.05, 4.69) is 9.62 Å². The Balaban J connectivity index is 1.25. The van der Waals surface area contributed by atoms with E-state index in [4.69, 9.17) is 19.0 Å². The smallest absolute Gasteiger partial charge is 0.342 e. The lowest BCUT2D eigenvalue weighted by Gasteiger charge is -2.24. The monoisotopic (exact) mass is 637 g/mol. The molecule has 1 aromatic heterocycles. The highest BCUT2D eigenvalue weighted by Gasteiger charge is 2.31. The number of aromatic carboxylic acids is 1. The van der Waals surface area contributed by atoms with Crippen LogP contribution < -0.4 is 9.62 Å². The largest absolute Gasteiger partial charge is 0.477 e. The second kappa shape index (κ2) is 14.1. The van der Waals surface area contributed by atoms with Gasteiger partial charge in [-0.3, -0.25) is 14.9 Å². The molecule has 5 rings (SSSR count). The Bertz CT molecular complexity index is 1720. The van der Waals surface area contributed by atoms with Crippen LogP contribution in [0.4, 0.5) is 15.8 Å². The van der Waals surface area contributed by atoms with Gasteiger partial charge >= 0.3 is 5.97 Å². The molecule has 0 spiro atoms. The van der Waals surface area contributed by atoms with E-state index in [1.165, 1.54) is 30.3 Å². The highest BCUT2D eigenvalue weighted by atomic mass is 32.2. The summed E-state index contributed by atoms with van der Waals surface area (Å²) in [7, 11) is 1.57. The van der Waals surface area contributed by atoms with Gasteiger partial charge in [0.15, 0.2) is 0 Å². The van der Waals surface area contributed by atoms with Crippen molar-refractivity contribution < 1.29 is 37.9 Å². The molecule has 1 aliphatic rings. The predicted octanol–water partition coefficient (Wildman–Crippen LogP) is 6.40. The second-order valence-electron chi connectivity index (χ2n) is 10.4. The number of halogens is 1. The molecule has 3 aromatic carbocycles. The number of nitrogens with one attached hydrogen (secondary N) is 1. The van der Waals surface area contributed by atoms with Crippen molar-refractivity contribution in [2.45, 2.75) is 25.4 Å². The van der Waals surface area contributed by atoms with Crippen molar-refractivity contribution in [3.8, 4) is 11.3 Å². The number of carboxylic acid groups (broad SMARTS) is 1. The lowest BCUT2D eigenvalue weighted by atomic mass is 10.0. The number of fused-ring (bicyclic) bond motifs is 1. The summed E-state index contributed by atoms with van der Waals surface area (Å²) in [6, 6.07) is 13.7. The summed E-state index contributed by atoms with van der Waals surface area (Å²) < 4.78 is 33.4. The Hall–Kier alpha value is -4.46. The van der Waals surface area contributed by atoms with Crippen LogP contribution in [-0.2, 0) is 16.1 Å². The zero-order valence-corrected chi connectivity index (χ0v) is 25.5. The van der Waals surface area contributed by atoms with Gasteiger partial charge in [0, 0.05) is 36.4 Å². The van der Waals surface area contributed by atoms with E-state index in [-0.39, 0.29) is 30.5 Å². The number of hydrogen-bond donors (Lipinski definition) is 2. The van der Waals surface area contributed by atoms with Crippen molar-refractivity contribution in [1.29, 1.82) is 0 Å². The maximum atomic E-state index is 13.6. The van der Waals surface area contributed by atoms with E-state index >= 15 is 0 Å². The average Bonchev–Trinajstić information content (AvgIpc) is 3.82. The molecule has 1 amide bonds. The van der Waals surface area contributed by atoms with Crippen LogP contribution in [0.15, 0.2) is 59.0 Å². The molecule has 1 fully saturated rings. The Kier molecular flexibility index (Phi) is 10.0. The summed E-state index contributed by atoms with van der Waals surface area (Å²) in [5, 5.41) is 23.7. The van der Waals surface area contributed by atoms with Gasteiger partial charge in [-0.25, -0.2) is 9.18 Å². The number of nitrogens with zero attached hydrogens (tertiary/aromatic N) is 2. The van der Waals surface area contributed by atoms with Gasteiger partial charge in [0.25, 0.3) is 11.6 Å². The summed E-state index contributed by atoms with van der Waals surface area (Å²) in [6.45, 7) is 1.57. The van der Waals surface area contributed by atoms with Gasteiger partial charge in [0.05, 0.1) is 49.1 Å². The van der Waals surface area contributed by atoms with Gasteiger partial charge in [-0.05, 0) is 66.3 Å². The molecule has 1 saturated carbocycles. The molecule has 2 N–H and O–H groups in total. The fourth-order valence-electron chi connectivity index (χ4n) is 5.11. The number of nitro benzene ring substituents is 1. The number of nitro groups is 1. The van der Waals surface area contributed by atoms with E-state index in [1.807, 2.05) is 18.4 Å². The molecule has 11 nitrogen and oxygen atoms in total.